The fourth-order valence-electron chi connectivity index (χ4n) is 9.02. The Morgan fingerprint density at radius 3 is 2.60 bits per heavy atom. The summed E-state index contributed by atoms with van der Waals surface area (Å²) in [5.74, 6) is -1.84. The lowest BCUT2D eigenvalue weighted by atomic mass is 9.83. The third-order valence-corrected chi connectivity index (χ3v) is 15.3. The highest BCUT2D eigenvalue weighted by Crippen LogP contribution is 2.47. The first kappa shape index (κ1) is 37.9. The highest BCUT2D eigenvalue weighted by atomic mass is 32.2. The molecule has 3 N–H and O–H groups in total. The van der Waals surface area contributed by atoms with Crippen LogP contribution in [0.3, 0.4) is 0 Å². The number of sulfonamides is 1. The largest absolute Gasteiger partial charge is 0.444 e. The van der Waals surface area contributed by atoms with Crippen LogP contribution < -0.4 is 15.4 Å². The Balaban J connectivity index is 1.12. The van der Waals surface area contributed by atoms with Gasteiger partial charge in [0.25, 0.3) is 5.91 Å². The number of thiazole rings is 1. The zero-order valence-corrected chi connectivity index (χ0v) is 33.5. The van der Waals surface area contributed by atoms with Gasteiger partial charge in [-0.05, 0) is 67.1 Å². The van der Waals surface area contributed by atoms with E-state index >= 15 is 0 Å². The molecule has 5 atom stereocenters. The van der Waals surface area contributed by atoms with Crippen molar-refractivity contribution in [3.8, 4) is 0 Å². The molecule has 0 spiro atoms. The third kappa shape index (κ3) is 7.50. The normalized spacial score (nSPS) is 30.0. The Kier molecular flexibility index (Phi) is 10.0. The second-order valence-electron chi connectivity index (χ2n) is 17.1. The standard InChI is InChI=1S/C40H52N6O7S2/c1-4-27-19-40(27,36(49)44-55(51,52)29-15-16-29)43-34(47)31-18-28-21-46(31)35(48)33(25-10-6-5-7-11-25)42-37-41-32(23-54-37)39(2,3)17-9-14-24-12-8-13-26-20-45(22-30(24)26)38(50)53-28/h8-9,12-14,23,25,27-29,31,33H,4-7,10-11,15-22H2,1-3H3,(H,41,42)(H,43,47)(H,44,49)/b14-9+/t27-,28-,31+,33+,40-/m1/s1. The Hall–Kier alpha value is -3.98. The number of allylic oxidation sites excluding steroid dienone is 1. The molecule has 8 rings (SSSR count). The van der Waals surface area contributed by atoms with Crippen molar-refractivity contribution in [3.63, 3.8) is 0 Å². The fraction of sp³-hybridized carbons (Fsp3) is 0.625. The van der Waals surface area contributed by atoms with E-state index < -0.39 is 56.9 Å². The topological polar surface area (TPSA) is 167 Å². The number of benzene rings is 1. The Morgan fingerprint density at radius 1 is 1.09 bits per heavy atom. The molecule has 4 heterocycles. The summed E-state index contributed by atoms with van der Waals surface area (Å²) in [6.07, 6.45) is 10.3. The number of rotatable bonds is 7. The molecule has 2 aromatic rings. The van der Waals surface area contributed by atoms with Gasteiger partial charge in [-0.15, -0.1) is 11.3 Å². The van der Waals surface area contributed by atoms with Crippen molar-refractivity contribution in [2.75, 3.05) is 11.9 Å². The van der Waals surface area contributed by atoms with Crippen molar-refractivity contribution >= 4 is 56.4 Å². The predicted molar refractivity (Wildman–Crippen MR) is 208 cm³/mol. The van der Waals surface area contributed by atoms with Gasteiger partial charge in [0.15, 0.2) is 5.13 Å². The molecule has 15 heteroatoms. The molecule has 3 saturated carbocycles. The number of fused-ring (bicyclic) bond motifs is 5. The van der Waals surface area contributed by atoms with E-state index in [-0.39, 0.29) is 36.1 Å². The summed E-state index contributed by atoms with van der Waals surface area (Å²) in [5, 5.41) is 8.52. The summed E-state index contributed by atoms with van der Waals surface area (Å²) < 4.78 is 33.9. The van der Waals surface area contributed by atoms with Crippen LogP contribution in [0.5, 0.6) is 0 Å². The highest BCUT2D eigenvalue weighted by molar-refractivity contribution is 7.91. The lowest BCUT2D eigenvalue weighted by molar-refractivity contribution is -0.141. The number of anilines is 1. The summed E-state index contributed by atoms with van der Waals surface area (Å²) in [7, 11) is -3.85. The van der Waals surface area contributed by atoms with Crippen LogP contribution in [-0.4, -0.2) is 82.5 Å². The van der Waals surface area contributed by atoms with Crippen LogP contribution in [0.4, 0.5) is 9.93 Å². The Morgan fingerprint density at radius 2 is 1.87 bits per heavy atom. The second kappa shape index (κ2) is 14.5. The molecule has 6 aliphatic rings. The number of hydrogen-bond acceptors (Lipinski definition) is 10. The molecule has 0 radical (unpaired) electrons. The van der Waals surface area contributed by atoms with Gasteiger partial charge >= 0.3 is 6.09 Å². The molecule has 1 aromatic heterocycles. The van der Waals surface area contributed by atoms with Crippen LogP contribution in [0.1, 0.15) is 114 Å². The van der Waals surface area contributed by atoms with Crippen LogP contribution in [-0.2, 0) is 47.6 Å². The van der Waals surface area contributed by atoms with E-state index in [1.807, 2.05) is 24.4 Å². The van der Waals surface area contributed by atoms with Gasteiger partial charge in [-0.25, -0.2) is 18.2 Å². The van der Waals surface area contributed by atoms with E-state index in [2.05, 4.69) is 47.4 Å². The van der Waals surface area contributed by atoms with Crippen molar-refractivity contribution in [1.29, 1.82) is 0 Å². The Labute approximate surface area is 327 Å². The zero-order valence-electron chi connectivity index (χ0n) is 31.8. The molecular formula is C40H52N6O7S2. The second-order valence-corrected chi connectivity index (χ2v) is 19.9. The minimum absolute atomic E-state index is 0.00191. The van der Waals surface area contributed by atoms with E-state index in [9.17, 15) is 27.6 Å². The van der Waals surface area contributed by atoms with Gasteiger partial charge in [0.05, 0.1) is 24.0 Å². The number of amides is 4. The maximum Gasteiger partial charge on any atom is 0.410 e. The molecule has 0 unspecified atom stereocenters. The molecule has 13 nitrogen and oxygen atoms in total. The summed E-state index contributed by atoms with van der Waals surface area (Å²) in [4.78, 5) is 65.0. The number of carbonyl (C=O) groups is 4. The van der Waals surface area contributed by atoms with Gasteiger partial charge in [-0.2, -0.15) is 0 Å². The summed E-state index contributed by atoms with van der Waals surface area (Å²) >= 11 is 1.46. The number of ether oxygens (including phenoxy) is 1. The first-order valence-corrected chi connectivity index (χ1v) is 22.3. The summed E-state index contributed by atoms with van der Waals surface area (Å²) in [5.41, 5.74) is 2.37. The third-order valence-electron chi connectivity index (χ3n) is 12.7. The van der Waals surface area contributed by atoms with Crippen molar-refractivity contribution in [1.82, 2.24) is 24.8 Å². The van der Waals surface area contributed by atoms with Crippen LogP contribution in [0.25, 0.3) is 6.08 Å². The monoisotopic (exact) mass is 792 g/mol. The number of aromatic nitrogens is 1. The predicted octanol–water partition coefficient (Wildman–Crippen LogP) is 5.21. The van der Waals surface area contributed by atoms with E-state index in [0.29, 0.717) is 43.9 Å². The van der Waals surface area contributed by atoms with Crippen LogP contribution in [0.15, 0.2) is 29.7 Å². The molecule has 4 amide bonds. The molecule has 3 aliphatic heterocycles. The van der Waals surface area contributed by atoms with Crippen molar-refractivity contribution < 1.29 is 32.3 Å². The molecule has 1 saturated heterocycles. The van der Waals surface area contributed by atoms with Crippen LogP contribution in [0.2, 0.25) is 0 Å². The first-order valence-electron chi connectivity index (χ1n) is 19.9. The summed E-state index contributed by atoms with van der Waals surface area (Å²) in [6.45, 7) is 6.97. The molecule has 3 aliphatic carbocycles. The average molecular weight is 793 g/mol. The van der Waals surface area contributed by atoms with Crippen LogP contribution in [0, 0.1) is 11.8 Å². The van der Waals surface area contributed by atoms with Gasteiger partial charge in [-0.1, -0.05) is 76.8 Å². The number of hydrogen-bond donors (Lipinski definition) is 3. The fourth-order valence-corrected chi connectivity index (χ4v) is 11.3. The quantitative estimate of drug-likeness (QED) is 0.341. The molecule has 6 bridgehead atoms. The lowest BCUT2D eigenvalue weighted by Gasteiger charge is -2.35. The van der Waals surface area contributed by atoms with Crippen molar-refractivity contribution in [3.05, 3.63) is 52.0 Å². The summed E-state index contributed by atoms with van der Waals surface area (Å²) in [6, 6.07) is 4.34. The highest BCUT2D eigenvalue weighted by Gasteiger charge is 2.62. The first-order chi connectivity index (χ1) is 26.3. The molecule has 4 fully saturated rings. The average Bonchev–Trinajstić information content (AvgIpc) is 3.96. The molecule has 55 heavy (non-hydrogen) atoms. The van der Waals surface area contributed by atoms with E-state index in [1.165, 1.54) is 16.2 Å². The molecular weight excluding hydrogens is 741 g/mol. The number of nitrogens with zero attached hydrogens (tertiary/aromatic N) is 3. The SMILES string of the molecule is CC[C@@H]1C[C@]1(NC(=O)[C@@H]1C[C@@H]2CN1C(=O)[C@H](C1CCCCC1)Nc1nc(cs1)C(C)(C)C/C=C/c1cccc3c1CN(C3)C(=O)O2)C(=O)NS(=O)(=O)C1CC1. The molecule has 296 valence electrons. The minimum atomic E-state index is -3.85. The van der Waals surface area contributed by atoms with Gasteiger partial charge in [-0.3, -0.25) is 24.0 Å². The van der Waals surface area contributed by atoms with Gasteiger partial charge in [0.2, 0.25) is 21.8 Å². The Bertz CT molecular complexity index is 2000. The van der Waals surface area contributed by atoms with Crippen molar-refractivity contribution in [2.45, 2.75) is 139 Å². The number of nitrogens with one attached hydrogen (secondary N) is 3. The smallest absolute Gasteiger partial charge is 0.410 e. The van der Waals surface area contributed by atoms with E-state index in [4.69, 9.17) is 9.72 Å². The van der Waals surface area contributed by atoms with E-state index in [0.717, 1.165) is 60.9 Å². The van der Waals surface area contributed by atoms with Gasteiger partial charge in [0, 0.05) is 23.8 Å². The van der Waals surface area contributed by atoms with Gasteiger partial charge in [0.1, 0.15) is 23.7 Å². The molecule has 1 aromatic carbocycles. The van der Waals surface area contributed by atoms with Gasteiger partial charge < -0.3 is 20.3 Å². The lowest BCUT2D eigenvalue weighted by Crippen LogP contribution is -2.58. The van der Waals surface area contributed by atoms with Crippen LogP contribution >= 0.6 is 11.3 Å². The number of carbonyl (C=O) groups excluding carboxylic acids is 4. The zero-order chi connectivity index (χ0) is 38.7. The minimum Gasteiger partial charge on any atom is -0.444 e. The maximum absolute atomic E-state index is 15.0. The van der Waals surface area contributed by atoms with E-state index in [1.54, 1.807) is 4.90 Å². The maximum atomic E-state index is 15.0. The van der Waals surface area contributed by atoms with Crippen molar-refractivity contribution in [2.24, 2.45) is 11.8 Å².